The van der Waals surface area contributed by atoms with Crippen LogP contribution in [0.3, 0.4) is 0 Å². The maximum absolute atomic E-state index is 12.2. The van der Waals surface area contributed by atoms with Crippen molar-refractivity contribution >= 4 is 27.7 Å². The number of primary amides is 1. The summed E-state index contributed by atoms with van der Waals surface area (Å²) in [6, 6.07) is 6.80. The molecule has 114 valence electrons. The van der Waals surface area contributed by atoms with Crippen LogP contribution in [-0.2, 0) is 6.54 Å². The fourth-order valence-corrected chi connectivity index (χ4v) is 2.87. The minimum absolute atomic E-state index is 0.242. The number of hydrogen-bond acceptors (Lipinski definition) is 3. The van der Waals surface area contributed by atoms with Gasteiger partial charge in [-0.05, 0) is 46.5 Å². The molecule has 22 heavy (non-hydrogen) atoms. The Bertz CT molecular complexity index is 720. The maximum atomic E-state index is 12.2. The number of nitrogens with zero attached hydrogens (tertiary/aromatic N) is 1. The summed E-state index contributed by atoms with van der Waals surface area (Å²) < 4.78 is 0.747. The largest absolute Gasteiger partial charge is 0.366 e. The van der Waals surface area contributed by atoms with Crippen molar-refractivity contribution in [2.45, 2.75) is 25.3 Å². The third-order valence-electron chi connectivity index (χ3n) is 3.62. The normalized spacial score (nSPS) is 13.9. The molecule has 1 aliphatic rings. The SMILES string of the molecule is NC(=O)c1ccc(CNC(=O)c2n[nH]c(C3CC3)c2Br)cc1. The first kappa shape index (κ1) is 14.8. The van der Waals surface area contributed by atoms with Crippen molar-refractivity contribution < 1.29 is 9.59 Å². The average Bonchev–Trinajstić information content (AvgIpc) is 3.28. The molecule has 1 fully saturated rings. The van der Waals surface area contributed by atoms with Gasteiger partial charge in [-0.15, -0.1) is 0 Å². The third-order valence-corrected chi connectivity index (χ3v) is 4.43. The van der Waals surface area contributed by atoms with E-state index in [0.717, 1.165) is 28.6 Å². The number of H-pyrrole nitrogens is 1. The molecule has 0 radical (unpaired) electrons. The number of halogens is 1. The van der Waals surface area contributed by atoms with Gasteiger partial charge < -0.3 is 11.1 Å². The lowest BCUT2D eigenvalue weighted by Gasteiger charge is -2.04. The number of aromatic nitrogens is 2. The Morgan fingerprint density at radius 1 is 1.32 bits per heavy atom. The molecule has 0 bridgehead atoms. The average molecular weight is 363 g/mol. The van der Waals surface area contributed by atoms with Gasteiger partial charge in [-0.1, -0.05) is 12.1 Å². The van der Waals surface area contributed by atoms with E-state index in [4.69, 9.17) is 5.73 Å². The van der Waals surface area contributed by atoms with Gasteiger partial charge in [-0.3, -0.25) is 14.7 Å². The van der Waals surface area contributed by atoms with Gasteiger partial charge in [0.2, 0.25) is 5.91 Å². The van der Waals surface area contributed by atoms with Crippen LogP contribution >= 0.6 is 15.9 Å². The fourth-order valence-electron chi connectivity index (χ4n) is 2.19. The van der Waals surface area contributed by atoms with Crippen LogP contribution in [0.25, 0.3) is 0 Å². The molecule has 0 spiro atoms. The zero-order valence-corrected chi connectivity index (χ0v) is 13.3. The van der Waals surface area contributed by atoms with E-state index in [1.165, 1.54) is 0 Å². The molecular formula is C15H15BrN4O2. The lowest BCUT2D eigenvalue weighted by atomic mass is 10.1. The monoisotopic (exact) mass is 362 g/mol. The highest BCUT2D eigenvalue weighted by Gasteiger charge is 2.30. The Morgan fingerprint density at radius 2 is 2.00 bits per heavy atom. The van der Waals surface area contributed by atoms with E-state index < -0.39 is 5.91 Å². The predicted octanol–water partition coefficient (Wildman–Crippen LogP) is 2.08. The maximum Gasteiger partial charge on any atom is 0.273 e. The number of hydrogen-bond donors (Lipinski definition) is 3. The third kappa shape index (κ3) is 3.04. The van der Waals surface area contributed by atoms with Gasteiger partial charge in [0.05, 0.1) is 10.2 Å². The Kier molecular flexibility index (Phi) is 3.98. The van der Waals surface area contributed by atoms with Gasteiger partial charge >= 0.3 is 0 Å². The number of aromatic amines is 1. The fraction of sp³-hybridized carbons (Fsp3) is 0.267. The van der Waals surface area contributed by atoms with Crippen LogP contribution in [0.15, 0.2) is 28.7 Å². The molecule has 1 heterocycles. The second-order valence-corrected chi connectivity index (χ2v) is 6.11. The molecule has 0 saturated heterocycles. The Balaban J connectivity index is 1.63. The highest BCUT2D eigenvalue weighted by atomic mass is 79.9. The quantitative estimate of drug-likeness (QED) is 0.758. The minimum Gasteiger partial charge on any atom is -0.366 e. The number of nitrogens with two attached hydrogens (primary N) is 1. The number of benzene rings is 1. The topological polar surface area (TPSA) is 101 Å². The number of amides is 2. The van der Waals surface area contributed by atoms with Crippen LogP contribution in [0.5, 0.6) is 0 Å². The molecule has 0 unspecified atom stereocenters. The standard InChI is InChI=1S/C15H15BrN4O2/c16-11-12(9-5-6-9)19-20-13(11)15(22)18-7-8-1-3-10(4-2-8)14(17)21/h1-4,9H,5-7H2,(H2,17,21)(H,18,22)(H,19,20). The van der Waals surface area contributed by atoms with E-state index in [2.05, 4.69) is 31.4 Å². The van der Waals surface area contributed by atoms with E-state index in [-0.39, 0.29) is 5.91 Å². The Hall–Kier alpha value is -2.15. The summed E-state index contributed by atoms with van der Waals surface area (Å²) in [5.74, 6) is -0.220. The summed E-state index contributed by atoms with van der Waals surface area (Å²) in [5, 5.41) is 9.82. The van der Waals surface area contributed by atoms with Gasteiger partial charge in [0.1, 0.15) is 0 Å². The van der Waals surface area contributed by atoms with E-state index >= 15 is 0 Å². The van der Waals surface area contributed by atoms with Crippen molar-refractivity contribution in [3.63, 3.8) is 0 Å². The highest BCUT2D eigenvalue weighted by molar-refractivity contribution is 9.10. The molecule has 0 aliphatic heterocycles. The molecule has 6 nitrogen and oxygen atoms in total. The summed E-state index contributed by atoms with van der Waals surface area (Å²) in [4.78, 5) is 23.2. The van der Waals surface area contributed by atoms with Crippen LogP contribution in [0.4, 0.5) is 0 Å². The van der Waals surface area contributed by atoms with Gasteiger partial charge in [0, 0.05) is 18.0 Å². The van der Waals surface area contributed by atoms with Gasteiger partial charge in [-0.2, -0.15) is 5.10 Å². The summed E-state index contributed by atoms with van der Waals surface area (Å²) >= 11 is 3.44. The molecular weight excluding hydrogens is 348 g/mol. The molecule has 3 rings (SSSR count). The van der Waals surface area contributed by atoms with Crippen LogP contribution < -0.4 is 11.1 Å². The molecule has 0 atom stereocenters. The van der Waals surface area contributed by atoms with Crippen molar-refractivity contribution in [3.8, 4) is 0 Å². The van der Waals surface area contributed by atoms with E-state index in [1.54, 1.807) is 24.3 Å². The molecule has 1 aliphatic carbocycles. The van der Waals surface area contributed by atoms with Crippen LogP contribution in [0.2, 0.25) is 0 Å². The van der Waals surface area contributed by atoms with E-state index in [0.29, 0.717) is 23.7 Å². The van der Waals surface area contributed by atoms with E-state index in [1.807, 2.05) is 0 Å². The van der Waals surface area contributed by atoms with Crippen molar-refractivity contribution in [1.29, 1.82) is 0 Å². The van der Waals surface area contributed by atoms with Crippen LogP contribution in [0.1, 0.15) is 50.9 Å². The summed E-state index contributed by atoms with van der Waals surface area (Å²) in [7, 11) is 0. The van der Waals surface area contributed by atoms with Crippen LogP contribution in [-0.4, -0.2) is 22.0 Å². The first-order valence-electron chi connectivity index (χ1n) is 6.97. The number of nitrogens with one attached hydrogen (secondary N) is 2. The molecule has 4 N–H and O–H groups in total. The highest BCUT2D eigenvalue weighted by Crippen LogP contribution is 2.42. The molecule has 1 saturated carbocycles. The molecule has 2 amide bonds. The summed E-state index contributed by atoms with van der Waals surface area (Å²) in [5.41, 5.74) is 7.88. The smallest absolute Gasteiger partial charge is 0.273 e. The molecule has 1 aromatic carbocycles. The Morgan fingerprint density at radius 3 is 2.59 bits per heavy atom. The van der Waals surface area contributed by atoms with Crippen molar-refractivity contribution in [1.82, 2.24) is 15.5 Å². The van der Waals surface area contributed by atoms with Gasteiger partial charge in [0.15, 0.2) is 5.69 Å². The lowest BCUT2D eigenvalue weighted by molar-refractivity contribution is 0.0943. The van der Waals surface area contributed by atoms with Crippen molar-refractivity contribution in [2.24, 2.45) is 5.73 Å². The van der Waals surface area contributed by atoms with Gasteiger partial charge in [0.25, 0.3) is 5.91 Å². The van der Waals surface area contributed by atoms with Crippen molar-refractivity contribution in [3.05, 3.63) is 51.3 Å². The Labute approximate surface area is 135 Å². The minimum atomic E-state index is -0.469. The predicted molar refractivity (Wildman–Crippen MR) is 84.4 cm³/mol. The van der Waals surface area contributed by atoms with E-state index in [9.17, 15) is 9.59 Å². The zero-order valence-electron chi connectivity index (χ0n) is 11.7. The summed E-state index contributed by atoms with van der Waals surface area (Å²) in [6.45, 7) is 0.357. The molecule has 7 heteroatoms. The van der Waals surface area contributed by atoms with Crippen molar-refractivity contribution in [2.75, 3.05) is 0 Å². The first-order valence-corrected chi connectivity index (χ1v) is 7.76. The molecule has 1 aromatic heterocycles. The number of rotatable bonds is 5. The molecule has 2 aromatic rings. The first-order chi connectivity index (χ1) is 10.6. The second-order valence-electron chi connectivity index (χ2n) is 5.32. The number of carbonyl (C=O) groups is 2. The van der Waals surface area contributed by atoms with Gasteiger partial charge in [-0.25, -0.2) is 0 Å². The second kappa shape index (κ2) is 5.92. The zero-order chi connectivity index (χ0) is 15.7. The van der Waals surface area contributed by atoms with Crippen LogP contribution in [0, 0.1) is 0 Å². The lowest BCUT2D eigenvalue weighted by Crippen LogP contribution is -2.23. The number of carbonyl (C=O) groups excluding carboxylic acids is 2. The summed E-state index contributed by atoms with van der Waals surface area (Å²) in [6.07, 6.45) is 2.27.